The van der Waals surface area contributed by atoms with Gasteiger partial charge in [-0.2, -0.15) is 0 Å². The summed E-state index contributed by atoms with van der Waals surface area (Å²) in [6.45, 7) is 1.85. The second-order valence-electron chi connectivity index (χ2n) is 3.29. The summed E-state index contributed by atoms with van der Waals surface area (Å²) in [7, 11) is 0. The summed E-state index contributed by atoms with van der Waals surface area (Å²) in [5, 5.41) is 9.11. The maximum absolute atomic E-state index is 11.3. The van der Waals surface area contributed by atoms with Crippen LogP contribution in [-0.2, 0) is 0 Å². The lowest BCUT2D eigenvalue weighted by atomic mass is 10.3. The molecule has 3 heteroatoms. The SMILES string of the molecule is Cc1cc(O)cc(=O)n1C1CC1. The Morgan fingerprint density at radius 1 is 1.50 bits per heavy atom. The van der Waals surface area contributed by atoms with Crippen molar-refractivity contribution >= 4 is 0 Å². The summed E-state index contributed by atoms with van der Waals surface area (Å²) >= 11 is 0. The van der Waals surface area contributed by atoms with Gasteiger partial charge in [0.15, 0.2) is 0 Å². The number of hydrogen-bond acceptors (Lipinski definition) is 2. The number of aromatic nitrogens is 1. The van der Waals surface area contributed by atoms with E-state index in [0.29, 0.717) is 6.04 Å². The molecular weight excluding hydrogens is 154 g/mol. The van der Waals surface area contributed by atoms with Crippen molar-refractivity contribution in [2.24, 2.45) is 0 Å². The molecule has 1 N–H and O–H groups in total. The summed E-state index contributed by atoms with van der Waals surface area (Å²) in [5.41, 5.74) is 0.762. The first-order valence-corrected chi connectivity index (χ1v) is 4.10. The Labute approximate surface area is 70.3 Å². The first-order valence-electron chi connectivity index (χ1n) is 4.10. The zero-order valence-corrected chi connectivity index (χ0v) is 6.95. The highest BCUT2D eigenvalue weighted by Crippen LogP contribution is 2.34. The monoisotopic (exact) mass is 165 g/mol. The molecule has 0 bridgehead atoms. The highest BCUT2D eigenvalue weighted by molar-refractivity contribution is 5.22. The molecule has 1 fully saturated rings. The van der Waals surface area contributed by atoms with Gasteiger partial charge in [-0.3, -0.25) is 4.79 Å². The number of aryl methyl sites for hydroxylation is 1. The fourth-order valence-electron chi connectivity index (χ4n) is 1.50. The second-order valence-corrected chi connectivity index (χ2v) is 3.29. The average molecular weight is 165 g/mol. The third-order valence-electron chi connectivity index (χ3n) is 2.16. The highest BCUT2D eigenvalue weighted by Gasteiger charge is 2.25. The molecule has 0 radical (unpaired) electrons. The summed E-state index contributed by atoms with van der Waals surface area (Å²) in [6.07, 6.45) is 2.18. The number of hydrogen-bond donors (Lipinski definition) is 1. The summed E-state index contributed by atoms with van der Waals surface area (Å²) < 4.78 is 1.75. The normalized spacial score (nSPS) is 16.4. The molecule has 0 aromatic carbocycles. The molecule has 0 saturated heterocycles. The predicted molar refractivity (Wildman–Crippen MR) is 45.4 cm³/mol. The van der Waals surface area contributed by atoms with E-state index in [2.05, 4.69) is 0 Å². The maximum atomic E-state index is 11.3. The third kappa shape index (κ3) is 1.11. The van der Waals surface area contributed by atoms with E-state index in [1.807, 2.05) is 6.92 Å². The maximum Gasteiger partial charge on any atom is 0.254 e. The van der Waals surface area contributed by atoms with Crippen LogP contribution in [-0.4, -0.2) is 9.67 Å². The minimum atomic E-state index is -0.0880. The van der Waals surface area contributed by atoms with Crippen molar-refractivity contribution in [1.29, 1.82) is 0 Å². The molecule has 0 amide bonds. The minimum absolute atomic E-state index is 0.0643. The lowest BCUT2D eigenvalue weighted by Gasteiger charge is -2.07. The van der Waals surface area contributed by atoms with Crippen LogP contribution >= 0.6 is 0 Å². The van der Waals surface area contributed by atoms with Crippen LogP contribution in [0.5, 0.6) is 5.75 Å². The van der Waals surface area contributed by atoms with Gasteiger partial charge in [0.1, 0.15) is 5.75 Å². The van der Waals surface area contributed by atoms with Crippen LogP contribution in [0.3, 0.4) is 0 Å². The number of rotatable bonds is 1. The molecule has 0 spiro atoms. The van der Waals surface area contributed by atoms with E-state index in [0.717, 1.165) is 18.5 Å². The zero-order chi connectivity index (χ0) is 8.72. The van der Waals surface area contributed by atoms with Crippen molar-refractivity contribution in [2.75, 3.05) is 0 Å². The Kier molecular flexibility index (Phi) is 1.46. The lowest BCUT2D eigenvalue weighted by molar-refractivity contribution is 0.469. The zero-order valence-electron chi connectivity index (χ0n) is 6.95. The van der Waals surface area contributed by atoms with E-state index in [-0.39, 0.29) is 11.3 Å². The Morgan fingerprint density at radius 2 is 2.17 bits per heavy atom. The van der Waals surface area contributed by atoms with Crippen molar-refractivity contribution in [3.05, 3.63) is 28.2 Å². The molecule has 0 unspecified atom stereocenters. The Morgan fingerprint density at radius 3 is 2.67 bits per heavy atom. The van der Waals surface area contributed by atoms with Gasteiger partial charge in [0.2, 0.25) is 0 Å². The van der Waals surface area contributed by atoms with Crippen LogP contribution in [0.1, 0.15) is 24.6 Å². The van der Waals surface area contributed by atoms with Gasteiger partial charge in [-0.25, -0.2) is 0 Å². The number of aromatic hydroxyl groups is 1. The first kappa shape index (κ1) is 7.40. The predicted octanol–water partition coefficient (Wildman–Crippen LogP) is 1.20. The van der Waals surface area contributed by atoms with Gasteiger partial charge in [0.25, 0.3) is 5.56 Å². The molecule has 1 aromatic heterocycles. The molecule has 3 nitrogen and oxygen atoms in total. The molecule has 0 atom stereocenters. The number of nitrogens with zero attached hydrogens (tertiary/aromatic N) is 1. The van der Waals surface area contributed by atoms with Gasteiger partial charge < -0.3 is 9.67 Å². The van der Waals surface area contributed by atoms with Gasteiger partial charge in [0, 0.05) is 17.8 Å². The summed E-state index contributed by atoms with van der Waals surface area (Å²) in [4.78, 5) is 11.3. The largest absolute Gasteiger partial charge is 0.508 e. The van der Waals surface area contributed by atoms with E-state index in [9.17, 15) is 4.79 Å². The first-order chi connectivity index (χ1) is 5.68. The molecule has 12 heavy (non-hydrogen) atoms. The lowest BCUT2D eigenvalue weighted by Crippen LogP contribution is -2.19. The van der Waals surface area contributed by atoms with Crippen molar-refractivity contribution in [1.82, 2.24) is 4.57 Å². The van der Waals surface area contributed by atoms with Gasteiger partial charge in [0.05, 0.1) is 0 Å². The quantitative estimate of drug-likeness (QED) is 0.679. The van der Waals surface area contributed by atoms with Crippen molar-refractivity contribution in [3.63, 3.8) is 0 Å². The molecule has 2 rings (SSSR count). The molecule has 1 saturated carbocycles. The topological polar surface area (TPSA) is 42.2 Å². The highest BCUT2D eigenvalue weighted by atomic mass is 16.3. The second kappa shape index (κ2) is 2.37. The molecule has 1 aliphatic carbocycles. The van der Waals surface area contributed by atoms with Gasteiger partial charge in [-0.05, 0) is 25.8 Å². The summed E-state index contributed by atoms with van der Waals surface area (Å²) in [6, 6.07) is 3.28. The van der Waals surface area contributed by atoms with Crippen molar-refractivity contribution in [3.8, 4) is 5.75 Å². The van der Waals surface area contributed by atoms with Crippen LogP contribution in [0.4, 0.5) is 0 Å². The van der Waals surface area contributed by atoms with E-state index >= 15 is 0 Å². The fourth-order valence-corrected chi connectivity index (χ4v) is 1.50. The molecule has 0 aliphatic heterocycles. The van der Waals surface area contributed by atoms with Gasteiger partial charge in [-0.15, -0.1) is 0 Å². The van der Waals surface area contributed by atoms with E-state index in [1.54, 1.807) is 10.6 Å². The number of pyridine rings is 1. The average Bonchev–Trinajstić information content (AvgIpc) is 2.68. The smallest absolute Gasteiger partial charge is 0.254 e. The van der Waals surface area contributed by atoms with Crippen molar-refractivity contribution < 1.29 is 5.11 Å². The van der Waals surface area contributed by atoms with E-state index < -0.39 is 0 Å². The van der Waals surface area contributed by atoms with E-state index in [4.69, 9.17) is 5.11 Å². The van der Waals surface area contributed by atoms with Crippen LogP contribution in [0, 0.1) is 6.92 Å². The van der Waals surface area contributed by atoms with Crippen LogP contribution in [0.25, 0.3) is 0 Å². The van der Waals surface area contributed by atoms with Crippen molar-refractivity contribution in [2.45, 2.75) is 25.8 Å². The third-order valence-corrected chi connectivity index (χ3v) is 2.16. The Bertz CT molecular complexity index is 363. The van der Waals surface area contributed by atoms with Crippen LogP contribution in [0.2, 0.25) is 0 Å². The molecule has 1 heterocycles. The van der Waals surface area contributed by atoms with Crippen LogP contribution < -0.4 is 5.56 Å². The molecule has 1 aliphatic rings. The Hall–Kier alpha value is -1.25. The minimum Gasteiger partial charge on any atom is -0.508 e. The van der Waals surface area contributed by atoms with E-state index in [1.165, 1.54) is 6.07 Å². The van der Waals surface area contributed by atoms with Crippen LogP contribution in [0.15, 0.2) is 16.9 Å². The van der Waals surface area contributed by atoms with Gasteiger partial charge >= 0.3 is 0 Å². The molecular formula is C9H11NO2. The molecule has 1 aromatic rings. The summed E-state index contributed by atoms with van der Waals surface area (Å²) in [5.74, 6) is 0.0643. The molecule has 64 valence electrons. The Balaban J connectivity index is 2.59. The fraction of sp³-hybridized carbons (Fsp3) is 0.444. The standard InChI is InChI=1S/C9H11NO2/c1-6-4-8(11)5-9(12)10(6)7-2-3-7/h4-5,7,11H,2-3H2,1H3. The van der Waals surface area contributed by atoms with Gasteiger partial charge in [-0.1, -0.05) is 0 Å².